The number of aliphatic carboxylic acids is 1. The fourth-order valence-electron chi connectivity index (χ4n) is 1.70. The van der Waals surface area contributed by atoms with Crippen molar-refractivity contribution < 1.29 is 14.7 Å². The van der Waals surface area contributed by atoms with Gasteiger partial charge in [0.1, 0.15) is 0 Å². The van der Waals surface area contributed by atoms with Gasteiger partial charge in [-0.3, -0.25) is 4.79 Å². The number of halogens is 1. The maximum absolute atomic E-state index is 11.9. The minimum absolute atomic E-state index is 0.161. The molecule has 0 fully saturated rings. The molecule has 1 aromatic rings. The van der Waals surface area contributed by atoms with Gasteiger partial charge in [0.2, 0.25) is 0 Å². The van der Waals surface area contributed by atoms with E-state index >= 15 is 0 Å². The monoisotopic (exact) mass is 298 g/mol. The Kier molecular flexibility index (Phi) is 5.82. The van der Waals surface area contributed by atoms with Crippen LogP contribution in [0.2, 0.25) is 5.02 Å². The third-order valence-electron chi connectivity index (χ3n) is 3.03. The third-order valence-corrected chi connectivity index (χ3v) is 3.28. The summed E-state index contributed by atoms with van der Waals surface area (Å²) in [5.41, 5.74) is 0.933. The van der Waals surface area contributed by atoms with Crippen molar-refractivity contribution in [2.45, 2.75) is 19.9 Å². The van der Waals surface area contributed by atoms with Gasteiger partial charge in [-0.05, 0) is 24.6 Å². The van der Waals surface area contributed by atoms with Crippen molar-refractivity contribution in [3.63, 3.8) is 0 Å². The average Bonchev–Trinajstić information content (AvgIpc) is 2.38. The van der Waals surface area contributed by atoms with Crippen molar-refractivity contribution in [3.05, 3.63) is 34.9 Å². The number of amides is 2. The summed E-state index contributed by atoms with van der Waals surface area (Å²) >= 11 is 5.81. The number of carbonyl (C=O) groups is 2. The van der Waals surface area contributed by atoms with Gasteiger partial charge in [-0.15, -0.1) is 0 Å². The van der Waals surface area contributed by atoms with Crippen molar-refractivity contribution >= 4 is 23.6 Å². The summed E-state index contributed by atoms with van der Waals surface area (Å²) in [6, 6.07) is 6.72. The number of carboxylic acids is 1. The van der Waals surface area contributed by atoms with E-state index in [1.807, 2.05) is 19.1 Å². The lowest BCUT2D eigenvalue weighted by Crippen LogP contribution is -2.41. The highest BCUT2D eigenvalue weighted by molar-refractivity contribution is 6.30. The molecule has 6 heteroatoms. The third kappa shape index (κ3) is 4.74. The zero-order valence-corrected chi connectivity index (χ0v) is 12.5. The molecule has 0 heterocycles. The number of urea groups is 1. The fourth-order valence-corrected chi connectivity index (χ4v) is 1.83. The quantitative estimate of drug-likeness (QED) is 0.878. The number of nitrogens with zero attached hydrogens (tertiary/aromatic N) is 1. The van der Waals surface area contributed by atoms with E-state index in [4.69, 9.17) is 16.7 Å². The average molecular weight is 299 g/mol. The van der Waals surface area contributed by atoms with Gasteiger partial charge in [-0.25, -0.2) is 4.79 Å². The van der Waals surface area contributed by atoms with Gasteiger partial charge in [0.05, 0.1) is 12.0 Å². The van der Waals surface area contributed by atoms with Crippen LogP contribution in [-0.2, 0) is 4.79 Å². The molecule has 2 amide bonds. The number of carboxylic acid groups (broad SMARTS) is 1. The first kappa shape index (κ1) is 16.3. The predicted octanol–water partition coefficient (Wildman–Crippen LogP) is 2.76. The SMILES string of the molecule is CC(CN(C)C(=O)N[C@H](C)c1ccc(Cl)cc1)C(=O)O. The molecule has 110 valence electrons. The van der Waals surface area contributed by atoms with E-state index in [9.17, 15) is 9.59 Å². The Morgan fingerprint density at radius 3 is 2.35 bits per heavy atom. The molecule has 0 saturated heterocycles. The lowest BCUT2D eigenvalue weighted by molar-refractivity contribution is -0.141. The number of carbonyl (C=O) groups excluding carboxylic acids is 1. The number of benzene rings is 1. The number of nitrogens with one attached hydrogen (secondary N) is 1. The number of hydrogen-bond donors (Lipinski definition) is 2. The molecule has 0 aliphatic rings. The number of rotatable bonds is 5. The second-order valence-electron chi connectivity index (χ2n) is 4.84. The molecular formula is C14H19ClN2O3. The summed E-state index contributed by atoms with van der Waals surface area (Å²) in [6.07, 6.45) is 0. The van der Waals surface area contributed by atoms with E-state index in [2.05, 4.69) is 5.32 Å². The molecule has 20 heavy (non-hydrogen) atoms. The van der Waals surface area contributed by atoms with Crippen LogP contribution in [0.5, 0.6) is 0 Å². The van der Waals surface area contributed by atoms with E-state index in [-0.39, 0.29) is 18.6 Å². The Bertz CT molecular complexity index is 476. The van der Waals surface area contributed by atoms with Crippen molar-refractivity contribution in [1.29, 1.82) is 0 Å². The second kappa shape index (κ2) is 7.14. The van der Waals surface area contributed by atoms with E-state index in [1.54, 1.807) is 26.1 Å². The molecule has 5 nitrogen and oxygen atoms in total. The van der Waals surface area contributed by atoms with Gasteiger partial charge in [-0.2, -0.15) is 0 Å². The van der Waals surface area contributed by atoms with Crippen LogP contribution in [0.3, 0.4) is 0 Å². The Morgan fingerprint density at radius 2 is 1.85 bits per heavy atom. The molecule has 0 aliphatic heterocycles. The second-order valence-corrected chi connectivity index (χ2v) is 5.28. The minimum atomic E-state index is -0.921. The lowest BCUT2D eigenvalue weighted by atomic mass is 10.1. The minimum Gasteiger partial charge on any atom is -0.481 e. The van der Waals surface area contributed by atoms with E-state index in [0.717, 1.165) is 5.56 Å². The molecule has 0 aromatic heterocycles. The van der Waals surface area contributed by atoms with Crippen molar-refractivity contribution in [2.24, 2.45) is 5.92 Å². The first-order chi connectivity index (χ1) is 9.31. The predicted molar refractivity (Wildman–Crippen MR) is 77.8 cm³/mol. The highest BCUT2D eigenvalue weighted by Gasteiger charge is 2.18. The molecule has 1 rings (SSSR count). The Hall–Kier alpha value is -1.75. The smallest absolute Gasteiger partial charge is 0.317 e. The highest BCUT2D eigenvalue weighted by Crippen LogP contribution is 2.16. The maximum atomic E-state index is 11.9. The largest absolute Gasteiger partial charge is 0.481 e. The summed E-state index contributed by atoms with van der Waals surface area (Å²) in [5.74, 6) is -1.52. The summed E-state index contributed by atoms with van der Waals surface area (Å²) < 4.78 is 0. The first-order valence-electron chi connectivity index (χ1n) is 6.31. The van der Waals surface area contributed by atoms with Crippen LogP contribution in [0, 0.1) is 5.92 Å². The summed E-state index contributed by atoms with van der Waals surface area (Å²) in [4.78, 5) is 24.1. The standard InChI is InChI=1S/C14H19ClN2O3/c1-9(13(18)19)8-17(3)14(20)16-10(2)11-4-6-12(15)7-5-11/h4-7,9-10H,8H2,1-3H3,(H,16,20)(H,18,19)/t9?,10-/m1/s1. The summed E-state index contributed by atoms with van der Waals surface area (Å²) in [5, 5.41) is 12.3. The normalized spacial score (nSPS) is 13.4. The van der Waals surface area contributed by atoms with Crippen molar-refractivity contribution in [2.75, 3.05) is 13.6 Å². The Balaban J connectivity index is 2.56. The van der Waals surface area contributed by atoms with Gasteiger partial charge in [0.25, 0.3) is 0 Å². The number of hydrogen-bond acceptors (Lipinski definition) is 2. The molecule has 0 bridgehead atoms. The van der Waals surface area contributed by atoms with Crippen LogP contribution in [0.15, 0.2) is 24.3 Å². The van der Waals surface area contributed by atoms with Gasteiger partial charge >= 0.3 is 12.0 Å². The first-order valence-corrected chi connectivity index (χ1v) is 6.69. The topological polar surface area (TPSA) is 69.6 Å². The molecule has 0 radical (unpaired) electrons. The highest BCUT2D eigenvalue weighted by atomic mass is 35.5. The Labute approximate surface area is 123 Å². The molecular weight excluding hydrogens is 280 g/mol. The zero-order valence-electron chi connectivity index (χ0n) is 11.8. The van der Waals surface area contributed by atoms with Crippen LogP contribution >= 0.6 is 11.6 Å². The van der Waals surface area contributed by atoms with Gasteiger partial charge < -0.3 is 15.3 Å². The van der Waals surface area contributed by atoms with Crippen LogP contribution in [0.1, 0.15) is 25.5 Å². The molecule has 2 N–H and O–H groups in total. The van der Waals surface area contributed by atoms with Crippen LogP contribution in [0.25, 0.3) is 0 Å². The van der Waals surface area contributed by atoms with Crippen molar-refractivity contribution in [3.8, 4) is 0 Å². The molecule has 0 saturated carbocycles. The fraction of sp³-hybridized carbons (Fsp3) is 0.429. The van der Waals surface area contributed by atoms with Crippen LogP contribution in [-0.4, -0.2) is 35.6 Å². The van der Waals surface area contributed by atoms with Crippen LogP contribution in [0.4, 0.5) is 4.79 Å². The van der Waals surface area contributed by atoms with E-state index < -0.39 is 11.9 Å². The molecule has 1 unspecified atom stereocenters. The van der Waals surface area contributed by atoms with E-state index in [0.29, 0.717) is 5.02 Å². The van der Waals surface area contributed by atoms with Crippen LogP contribution < -0.4 is 5.32 Å². The van der Waals surface area contributed by atoms with Gasteiger partial charge in [0.15, 0.2) is 0 Å². The molecule has 1 aromatic carbocycles. The van der Waals surface area contributed by atoms with Crippen molar-refractivity contribution in [1.82, 2.24) is 10.2 Å². The molecule has 2 atom stereocenters. The summed E-state index contributed by atoms with van der Waals surface area (Å²) in [6.45, 7) is 3.58. The van der Waals surface area contributed by atoms with E-state index in [1.165, 1.54) is 4.90 Å². The maximum Gasteiger partial charge on any atom is 0.317 e. The molecule has 0 spiro atoms. The lowest BCUT2D eigenvalue weighted by Gasteiger charge is -2.23. The zero-order chi connectivity index (χ0) is 15.3. The van der Waals surface area contributed by atoms with Gasteiger partial charge in [0, 0.05) is 18.6 Å². The Morgan fingerprint density at radius 1 is 1.30 bits per heavy atom. The molecule has 0 aliphatic carbocycles. The summed E-state index contributed by atoms with van der Waals surface area (Å²) in [7, 11) is 1.57. The van der Waals surface area contributed by atoms with Gasteiger partial charge in [-0.1, -0.05) is 30.7 Å².